The topological polar surface area (TPSA) is 58.1 Å². The largest absolute Gasteiger partial charge is 0.406 e. The molecule has 0 atom stereocenters. The first-order chi connectivity index (χ1) is 9.15. The fourth-order valence-electron chi connectivity index (χ4n) is 1.54. The van der Waals surface area contributed by atoms with Crippen molar-refractivity contribution < 1.29 is 18.0 Å². The second-order valence-corrected chi connectivity index (χ2v) is 4.67. The van der Waals surface area contributed by atoms with Gasteiger partial charge in [-0.15, -0.1) is 0 Å². The Morgan fingerprint density at radius 3 is 2.50 bits per heavy atom. The summed E-state index contributed by atoms with van der Waals surface area (Å²) >= 11 is 0. The molecule has 1 amide bonds. The van der Waals surface area contributed by atoms with E-state index in [2.05, 4.69) is 15.3 Å². The summed E-state index contributed by atoms with van der Waals surface area (Å²) in [5, 5.41) is 2.71. The van der Waals surface area contributed by atoms with Gasteiger partial charge in [0.15, 0.2) is 5.69 Å². The minimum atomic E-state index is -4.45. The lowest BCUT2D eigenvalue weighted by molar-refractivity contribution is -0.138. The molecule has 1 heterocycles. The number of halogens is 3. The number of alkyl halides is 3. The highest BCUT2D eigenvalue weighted by molar-refractivity contribution is 5.97. The van der Waals surface area contributed by atoms with E-state index in [0.29, 0.717) is 16.4 Å². The van der Waals surface area contributed by atoms with Crippen molar-refractivity contribution in [2.24, 2.45) is 0 Å². The molecule has 112 valence electrons. The molecule has 1 rings (SSSR count). The third-order valence-electron chi connectivity index (χ3n) is 2.56. The Hall–Kier alpha value is -1.86. The van der Waals surface area contributed by atoms with E-state index in [9.17, 15) is 18.0 Å². The molecule has 5 nitrogen and oxygen atoms in total. The van der Waals surface area contributed by atoms with Crippen LogP contribution in [0.1, 0.15) is 36.1 Å². The van der Waals surface area contributed by atoms with Gasteiger partial charge < -0.3 is 10.2 Å². The van der Waals surface area contributed by atoms with Crippen LogP contribution in [0.25, 0.3) is 0 Å². The maximum atomic E-state index is 12.3. The van der Waals surface area contributed by atoms with Crippen LogP contribution in [0.2, 0.25) is 0 Å². The van der Waals surface area contributed by atoms with Gasteiger partial charge >= 0.3 is 6.18 Å². The van der Waals surface area contributed by atoms with Gasteiger partial charge in [-0.3, -0.25) is 4.79 Å². The Balaban J connectivity index is 3.10. The molecule has 1 N–H and O–H groups in total. The summed E-state index contributed by atoms with van der Waals surface area (Å²) in [5.41, 5.74) is 0.242. The van der Waals surface area contributed by atoms with Crippen LogP contribution < -0.4 is 5.32 Å². The van der Waals surface area contributed by atoms with Gasteiger partial charge in [-0.25, -0.2) is 9.97 Å². The summed E-state index contributed by atoms with van der Waals surface area (Å²) in [7, 11) is 2.64. The van der Waals surface area contributed by atoms with Crippen LogP contribution >= 0.6 is 0 Å². The van der Waals surface area contributed by atoms with E-state index in [1.807, 2.05) is 13.8 Å². The first-order valence-electron chi connectivity index (χ1n) is 6.02. The SMILES string of the molecule is CNc1cnc(C(C)C)nc1C(=O)N(C)CC(F)(F)F. The minimum Gasteiger partial charge on any atom is -0.385 e. The highest BCUT2D eigenvalue weighted by Crippen LogP contribution is 2.20. The van der Waals surface area contributed by atoms with Crippen molar-refractivity contribution in [3.05, 3.63) is 17.7 Å². The van der Waals surface area contributed by atoms with Crippen molar-refractivity contribution in [1.82, 2.24) is 14.9 Å². The normalized spacial score (nSPS) is 11.6. The van der Waals surface area contributed by atoms with Gasteiger partial charge in [0.1, 0.15) is 12.4 Å². The molecule has 0 bridgehead atoms. The van der Waals surface area contributed by atoms with E-state index >= 15 is 0 Å². The van der Waals surface area contributed by atoms with E-state index in [4.69, 9.17) is 0 Å². The lowest BCUT2D eigenvalue weighted by Gasteiger charge is -2.20. The monoisotopic (exact) mass is 290 g/mol. The van der Waals surface area contributed by atoms with Gasteiger partial charge in [0.05, 0.1) is 11.9 Å². The fraction of sp³-hybridized carbons (Fsp3) is 0.583. The van der Waals surface area contributed by atoms with Crippen molar-refractivity contribution in [2.75, 3.05) is 26.0 Å². The highest BCUT2D eigenvalue weighted by Gasteiger charge is 2.32. The zero-order valence-corrected chi connectivity index (χ0v) is 11.7. The van der Waals surface area contributed by atoms with Crippen molar-refractivity contribution in [1.29, 1.82) is 0 Å². The van der Waals surface area contributed by atoms with E-state index in [-0.39, 0.29) is 11.6 Å². The zero-order chi connectivity index (χ0) is 15.5. The molecule has 1 aromatic heterocycles. The molecular weight excluding hydrogens is 273 g/mol. The number of aromatic nitrogens is 2. The zero-order valence-electron chi connectivity index (χ0n) is 11.7. The van der Waals surface area contributed by atoms with Gasteiger partial charge in [-0.2, -0.15) is 13.2 Å². The average molecular weight is 290 g/mol. The van der Waals surface area contributed by atoms with Crippen LogP contribution in [-0.4, -0.2) is 47.6 Å². The molecule has 0 spiro atoms. The number of hydrogen-bond donors (Lipinski definition) is 1. The van der Waals surface area contributed by atoms with E-state index in [1.165, 1.54) is 6.20 Å². The fourth-order valence-corrected chi connectivity index (χ4v) is 1.54. The number of amides is 1. The lowest BCUT2D eigenvalue weighted by atomic mass is 10.2. The van der Waals surface area contributed by atoms with Crippen LogP contribution in [0.15, 0.2) is 6.20 Å². The molecule has 0 aromatic carbocycles. The molecule has 0 fully saturated rings. The molecule has 0 aliphatic rings. The maximum Gasteiger partial charge on any atom is 0.406 e. The first kappa shape index (κ1) is 16.2. The van der Waals surface area contributed by atoms with Crippen LogP contribution in [0.3, 0.4) is 0 Å². The lowest BCUT2D eigenvalue weighted by Crippen LogP contribution is -2.36. The summed E-state index contributed by atoms with van der Waals surface area (Å²) in [6, 6.07) is 0. The van der Waals surface area contributed by atoms with E-state index in [0.717, 1.165) is 7.05 Å². The van der Waals surface area contributed by atoms with Gasteiger partial charge in [0, 0.05) is 20.0 Å². The maximum absolute atomic E-state index is 12.3. The van der Waals surface area contributed by atoms with Crippen LogP contribution in [0, 0.1) is 0 Å². The summed E-state index contributed by atoms with van der Waals surface area (Å²) < 4.78 is 37.0. The smallest absolute Gasteiger partial charge is 0.385 e. The van der Waals surface area contributed by atoms with Gasteiger partial charge in [0.2, 0.25) is 0 Å². The van der Waals surface area contributed by atoms with Gasteiger partial charge in [-0.1, -0.05) is 13.8 Å². The molecule has 0 saturated heterocycles. The molecule has 0 radical (unpaired) electrons. The molecule has 8 heteroatoms. The van der Waals surface area contributed by atoms with E-state index < -0.39 is 18.6 Å². The van der Waals surface area contributed by atoms with Crippen molar-refractivity contribution in [2.45, 2.75) is 25.9 Å². The van der Waals surface area contributed by atoms with Crippen LogP contribution in [0.5, 0.6) is 0 Å². The molecule has 1 aromatic rings. The van der Waals surface area contributed by atoms with Crippen molar-refractivity contribution in [3.63, 3.8) is 0 Å². The number of carbonyl (C=O) groups is 1. The predicted octanol–water partition coefficient (Wildman–Crippen LogP) is 2.28. The number of nitrogens with one attached hydrogen (secondary N) is 1. The number of hydrogen-bond acceptors (Lipinski definition) is 4. The number of nitrogens with zero attached hydrogens (tertiary/aromatic N) is 3. The second kappa shape index (κ2) is 6.06. The number of carbonyl (C=O) groups excluding carboxylic acids is 1. The van der Waals surface area contributed by atoms with Gasteiger partial charge in [-0.05, 0) is 0 Å². The number of anilines is 1. The van der Waals surface area contributed by atoms with Crippen LogP contribution in [0.4, 0.5) is 18.9 Å². The Labute approximate surface area is 115 Å². The molecule has 0 saturated carbocycles. The molecule has 0 aliphatic carbocycles. The van der Waals surface area contributed by atoms with Crippen molar-refractivity contribution >= 4 is 11.6 Å². The second-order valence-electron chi connectivity index (χ2n) is 4.67. The van der Waals surface area contributed by atoms with E-state index in [1.54, 1.807) is 7.05 Å². The van der Waals surface area contributed by atoms with Crippen LogP contribution in [-0.2, 0) is 0 Å². The summed E-state index contributed by atoms with van der Waals surface area (Å²) in [4.78, 5) is 20.8. The van der Waals surface area contributed by atoms with Gasteiger partial charge in [0.25, 0.3) is 5.91 Å². The summed E-state index contributed by atoms with van der Waals surface area (Å²) in [6.45, 7) is 2.35. The Morgan fingerprint density at radius 1 is 1.45 bits per heavy atom. The third-order valence-corrected chi connectivity index (χ3v) is 2.56. The summed E-state index contributed by atoms with van der Waals surface area (Å²) in [5.74, 6) is -0.413. The quantitative estimate of drug-likeness (QED) is 0.924. The molecular formula is C12H17F3N4O. The molecule has 0 aliphatic heterocycles. The summed E-state index contributed by atoms with van der Waals surface area (Å²) in [6.07, 6.45) is -3.05. The standard InChI is InChI=1S/C12H17F3N4O/c1-7(2)10-17-5-8(16-3)9(18-10)11(20)19(4)6-12(13,14)15/h5,7,16H,6H2,1-4H3. The average Bonchev–Trinajstić information content (AvgIpc) is 2.34. The predicted molar refractivity (Wildman–Crippen MR) is 68.7 cm³/mol. The van der Waals surface area contributed by atoms with Crippen molar-refractivity contribution in [3.8, 4) is 0 Å². The number of rotatable bonds is 4. The Kier molecular flexibility index (Phi) is 4.91. The third kappa shape index (κ3) is 4.07. The highest BCUT2D eigenvalue weighted by atomic mass is 19.4. The first-order valence-corrected chi connectivity index (χ1v) is 6.02. The molecule has 0 unspecified atom stereocenters. The Morgan fingerprint density at radius 2 is 2.05 bits per heavy atom. The minimum absolute atomic E-state index is 0.0274. The Bertz CT molecular complexity index is 488. The molecule has 20 heavy (non-hydrogen) atoms.